The lowest BCUT2D eigenvalue weighted by atomic mass is 9.80. The van der Waals surface area contributed by atoms with E-state index in [0.29, 0.717) is 6.04 Å². The minimum absolute atomic E-state index is 0.379. The zero-order chi connectivity index (χ0) is 14.4. The second-order valence-corrected chi connectivity index (χ2v) is 5.86. The molecule has 1 unspecified atom stereocenters. The van der Waals surface area contributed by atoms with Crippen molar-refractivity contribution in [1.29, 1.82) is 0 Å². The monoisotopic (exact) mass is 279 g/mol. The Kier molecular flexibility index (Phi) is 5.89. The Balaban J connectivity index is 2.17. The summed E-state index contributed by atoms with van der Waals surface area (Å²) in [4.78, 5) is 0. The Labute approximate surface area is 122 Å². The van der Waals surface area contributed by atoms with Crippen molar-refractivity contribution < 1.29 is 4.74 Å². The normalized spacial score (nSPS) is 16.9. The zero-order valence-electron chi connectivity index (χ0n) is 13.2. The third-order valence-corrected chi connectivity index (χ3v) is 4.26. The van der Waals surface area contributed by atoms with Gasteiger partial charge in [0.05, 0.1) is 25.0 Å². The van der Waals surface area contributed by atoms with Crippen LogP contribution >= 0.6 is 0 Å². The van der Waals surface area contributed by atoms with Crippen LogP contribution in [0.1, 0.15) is 64.1 Å². The van der Waals surface area contributed by atoms with Crippen molar-refractivity contribution in [2.75, 3.05) is 13.7 Å². The first kappa shape index (κ1) is 15.4. The zero-order valence-corrected chi connectivity index (χ0v) is 13.2. The molecule has 1 atom stereocenters. The molecule has 0 aromatic carbocycles. The standard InChI is InChI=1S/C16H29N3O/c1-4-9-17-14(11-13-7-6-8-13)16-15(20-3)12-18-19(16)10-5-2/h12-14,17H,4-11H2,1-3H3. The minimum atomic E-state index is 0.379. The van der Waals surface area contributed by atoms with Crippen LogP contribution in [0.2, 0.25) is 0 Å². The fourth-order valence-electron chi connectivity index (χ4n) is 2.95. The fraction of sp³-hybridized carbons (Fsp3) is 0.812. The lowest BCUT2D eigenvalue weighted by Gasteiger charge is -2.31. The van der Waals surface area contributed by atoms with E-state index in [0.717, 1.165) is 37.6 Å². The minimum Gasteiger partial charge on any atom is -0.493 e. The molecular formula is C16H29N3O. The number of rotatable bonds is 9. The molecule has 20 heavy (non-hydrogen) atoms. The van der Waals surface area contributed by atoms with E-state index in [1.807, 2.05) is 6.20 Å². The van der Waals surface area contributed by atoms with Crippen molar-refractivity contribution >= 4 is 0 Å². The lowest BCUT2D eigenvalue weighted by Crippen LogP contribution is -2.29. The molecule has 1 aromatic heterocycles. The molecule has 0 spiro atoms. The van der Waals surface area contributed by atoms with Crippen molar-refractivity contribution in [1.82, 2.24) is 15.1 Å². The van der Waals surface area contributed by atoms with Gasteiger partial charge in [0.1, 0.15) is 0 Å². The second kappa shape index (κ2) is 7.67. The molecule has 0 bridgehead atoms. The van der Waals surface area contributed by atoms with Gasteiger partial charge >= 0.3 is 0 Å². The van der Waals surface area contributed by atoms with E-state index in [-0.39, 0.29) is 0 Å². The van der Waals surface area contributed by atoms with E-state index in [1.165, 1.54) is 31.4 Å². The molecule has 0 saturated heterocycles. The summed E-state index contributed by atoms with van der Waals surface area (Å²) in [6, 6.07) is 0.379. The van der Waals surface area contributed by atoms with Crippen molar-refractivity contribution in [3.63, 3.8) is 0 Å². The van der Waals surface area contributed by atoms with Crippen molar-refractivity contribution in [3.8, 4) is 5.75 Å². The van der Waals surface area contributed by atoms with Gasteiger partial charge in [-0.05, 0) is 31.7 Å². The first-order chi connectivity index (χ1) is 9.80. The molecule has 1 saturated carbocycles. The molecular weight excluding hydrogens is 250 g/mol. The number of aromatic nitrogens is 2. The average molecular weight is 279 g/mol. The molecule has 1 aromatic rings. The number of hydrogen-bond acceptors (Lipinski definition) is 3. The molecule has 0 radical (unpaired) electrons. The molecule has 4 nitrogen and oxygen atoms in total. The maximum absolute atomic E-state index is 5.54. The largest absolute Gasteiger partial charge is 0.493 e. The summed E-state index contributed by atoms with van der Waals surface area (Å²) < 4.78 is 7.67. The van der Waals surface area contributed by atoms with Gasteiger partial charge in [-0.25, -0.2) is 0 Å². The number of nitrogens with one attached hydrogen (secondary N) is 1. The van der Waals surface area contributed by atoms with Crippen LogP contribution in [0.3, 0.4) is 0 Å². The molecule has 0 aliphatic heterocycles. The molecule has 1 aliphatic carbocycles. The number of hydrogen-bond donors (Lipinski definition) is 1. The van der Waals surface area contributed by atoms with Crippen LogP contribution in [0.4, 0.5) is 0 Å². The predicted molar refractivity (Wildman–Crippen MR) is 82.1 cm³/mol. The topological polar surface area (TPSA) is 39.1 Å². The highest BCUT2D eigenvalue weighted by Crippen LogP contribution is 2.37. The highest BCUT2D eigenvalue weighted by Gasteiger charge is 2.27. The van der Waals surface area contributed by atoms with E-state index in [4.69, 9.17) is 4.74 Å². The van der Waals surface area contributed by atoms with Gasteiger partial charge in [0.15, 0.2) is 5.75 Å². The molecule has 1 heterocycles. The van der Waals surface area contributed by atoms with Crippen LogP contribution in [0, 0.1) is 5.92 Å². The van der Waals surface area contributed by atoms with E-state index < -0.39 is 0 Å². The SMILES string of the molecule is CCCNC(CC1CCC1)c1c(OC)cnn1CCC. The van der Waals surface area contributed by atoms with E-state index in [1.54, 1.807) is 7.11 Å². The van der Waals surface area contributed by atoms with Gasteiger partial charge in [0.2, 0.25) is 0 Å². The maximum atomic E-state index is 5.54. The summed E-state index contributed by atoms with van der Waals surface area (Å²) in [6.45, 7) is 6.43. The predicted octanol–water partition coefficient (Wildman–Crippen LogP) is 3.53. The maximum Gasteiger partial charge on any atom is 0.161 e. The molecule has 1 fully saturated rings. The van der Waals surface area contributed by atoms with E-state index in [9.17, 15) is 0 Å². The van der Waals surface area contributed by atoms with Gasteiger partial charge in [-0.2, -0.15) is 5.10 Å². The Bertz CT molecular complexity index is 398. The summed E-state index contributed by atoms with van der Waals surface area (Å²) in [7, 11) is 1.75. The van der Waals surface area contributed by atoms with Crippen LogP contribution in [0.25, 0.3) is 0 Å². The Morgan fingerprint density at radius 2 is 2.20 bits per heavy atom. The smallest absolute Gasteiger partial charge is 0.161 e. The van der Waals surface area contributed by atoms with Crippen molar-refractivity contribution in [2.24, 2.45) is 5.92 Å². The quantitative estimate of drug-likeness (QED) is 0.751. The fourth-order valence-corrected chi connectivity index (χ4v) is 2.95. The summed E-state index contributed by atoms with van der Waals surface area (Å²) >= 11 is 0. The molecule has 1 N–H and O–H groups in total. The highest BCUT2D eigenvalue weighted by atomic mass is 16.5. The third-order valence-electron chi connectivity index (χ3n) is 4.26. The van der Waals surface area contributed by atoms with Crippen molar-refractivity contribution in [2.45, 2.75) is 65.0 Å². The number of aryl methyl sites for hydroxylation is 1. The van der Waals surface area contributed by atoms with Gasteiger partial charge in [0.25, 0.3) is 0 Å². The number of ether oxygens (including phenoxy) is 1. The van der Waals surface area contributed by atoms with Crippen molar-refractivity contribution in [3.05, 3.63) is 11.9 Å². The lowest BCUT2D eigenvalue weighted by molar-refractivity contribution is 0.252. The Hall–Kier alpha value is -1.03. The van der Waals surface area contributed by atoms with Crippen LogP contribution in [0.15, 0.2) is 6.20 Å². The average Bonchev–Trinajstić information content (AvgIpc) is 2.80. The van der Waals surface area contributed by atoms with E-state index >= 15 is 0 Å². The van der Waals surface area contributed by atoms with Gasteiger partial charge < -0.3 is 10.1 Å². The first-order valence-electron chi connectivity index (χ1n) is 8.13. The summed E-state index contributed by atoms with van der Waals surface area (Å²) in [6.07, 6.45) is 9.50. The Morgan fingerprint density at radius 1 is 1.40 bits per heavy atom. The summed E-state index contributed by atoms with van der Waals surface area (Å²) in [5.41, 5.74) is 1.25. The van der Waals surface area contributed by atoms with Crippen LogP contribution in [0.5, 0.6) is 5.75 Å². The van der Waals surface area contributed by atoms with Gasteiger partial charge in [-0.1, -0.05) is 33.1 Å². The van der Waals surface area contributed by atoms with Crippen LogP contribution in [-0.4, -0.2) is 23.4 Å². The Morgan fingerprint density at radius 3 is 2.75 bits per heavy atom. The molecule has 114 valence electrons. The van der Waals surface area contributed by atoms with Gasteiger partial charge in [-0.3, -0.25) is 4.68 Å². The molecule has 4 heteroatoms. The van der Waals surface area contributed by atoms with Crippen LogP contribution in [-0.2, 0) is 6.54 Å². The second-order valence-electron chi connectivity index (χ2n) is 5.86. The number of methoxy groups -OCH3 is 1. The summed E-state index contributed by atoms with van der Waals surface area (Å²) in [5, 5.41) is 8.21. The van der Waals surface area contributed by atoms with Crippen LogP contribution < -0.4 is 10.1 Å². The molecule has 0 amide bonds. The first-order valence-corrected chi connectivity index (χ1v) is 8.13. The molecule has 2 rings (SSSR count). The van der Waals surface area contributed by atoms with E-state index in [2.05, 4.69) is 28.9 Å². The van der Waals surface area contributed by atoms with Gasteiger partial charge in [0, 0.05) is 6.54 Å². The highest BCUT2D eigenvalue weighted by molar-refractivity contribution is 5.28. The third kappa shape index (κ3) is 3.54. The summed E-state index contributed by atoms with van der Waals surface area (Å²) in [5.74, 6) is 1.81. The number of nitrogens with zero attached hydrogens (tertiary/aromatic N) is 2. The van der Waals surface area contributed by atoms with Gasteiger partial charge in [-0.15, -0.1) is 0 Å². The molecule has 1 aliphatic rings.